The monoisotopic (exact) mass is 1240 g/mol. The molecule has 5 aromatic rings. The molecule has 15 nitrogen and oxygen atoms in total. The van der Waals surface area contributed by atoms with Crippen molar-refractivity contribution in [2.45, 2.75) is 136 Å². The van der Waals surface area contributed by atoms with Gasteiger partial charge in [-0.2, -0.15) is 5.10 Å². The standard InChI is InChI=1S/C21H21N5O.C15H21N3O.C11H18O.C9H11ClN2Si.C5H10Si.C4H2Cl2N2/c1-2-18-14-20(23-15-22-18)25-12-9-17(10-13-25)21(27)26-19(8-11-24-26)16-6-4-3-5-7-16;16-9-6-14(12-4-2-1-3-5-12)18-15(19)13-7-10-17-11-8-13;1-4-11-6-5-8(7-9(11)12)10(11,2)3;1-13(2,3)5-4-8-6-9(10)12-7-11-8;1-5-6(2,3)4;5-3-1-4(6)8-2-7-3/h1,3-7,11,14-15,17,19H,8-10,12-13H2;1-5,9,13-14,16-17H,6-8,10-11H2,(H,18,19);8H,4-7H2,1-3H3;6-7H,1-3H3;1H,2-4H3;1-2H/t19-;14-;8?,11-;;;/m000.../s1. The van der Waals surface area contributed by atoms with Crippen LogP contribution in [0.5, 0.6) is 0 Å². The Kier molecular flexibility index (Phi) is 27.1. The van der Waals surface area contributed by atoms with Crippen LogP contribution in [0.4, 0.5) is 5.82 Å². The molecular formula is C65H83Cl3N12O3Si2. The average molecular weight is 1240 g/mol. The number of fused-ring (bicyclic) bond motifs is 2. The molecule has 3 N–H and O–H groups in total. The van der Waals surface area contributed by atoms with Crippen LogP contribution in [-0.4, -0.2) is 107 Å². The molecule has 450 valence electrons. The fourth-order valence-electron chi connectivity index (χ4n) is 10.7. The molecule has 4 fully saturated rings. The maximum absolute atomic E-state index is 13.1. The summed E-state index contributed by atoms with van der Waals surface area (Å²) >= 11 is 16.5. The molecule has 2 bridgehead atoms. The second kappa shape index (κ2) is 33.3. The molecule has 2 aliphatic carbocycles. The van der Waals surface area contributed by atoms with E-state index in [0.717, 1.165) is 94.5 Å². The number of benzene rings is 2. The van der Waals surface area contributed by atoms with Crippen molar-refractivity contribution in [3.8, 4) is 35.8 Å². The second-order valence-electron chi connectivity index (χ2n) is 24.1. The van der Waals surface area contributed by atoms with Crippen LogP contribution < -0.4 is 15.5 Å². The van der Waals surface area contributed by atoms with E-state index < -0.39 is 16.1 Å². The Balaban J connectivity index is 0.000000200. The first kappa shape index (κ1) is 69.1. The van der Waals surface area contributed by atoms with Crippen LogP contribution in [0.25, 0.3) is 0 Å². The van der Waals surface area contributed by atoms with Crippen LogP contribution in [0.15, 0.2) is 103 Å². The minimum atomic E-state index is -1.32. The van der Waals surface area contributed by atoms with Crippen LogP contribution in [0.1, 0.15) is 120 Å². The molecule has 3 aliphatic heterocycles. The fraction of sp³-hybridized carbons (Fsp3) is 0.462. The van der Waals surface area contributed by atoms with E-state index in [1.54, 1.807) is 11.1 Å². The van der Waals surface area contributed by atoms with E-state index in [-0.39, 0.29) is 41.1 Å². The number of amides is 2. The summed E-state index contributed by atoms with van der Waals surface area (Å²) in [6, 6.07) is 24.9. The van der Waals surface area contributed by atoms with Gasteiger partial charge in [0.1, 0.15) is 73.6 Å². The van der Waals surface area contributed by atoms with Crippen molar-refractivity contribution in [2.24, 2.45) is 33.7 Å². The number of terminal acetylenes is 2. The van der Waals surface area contributed by atoms with E-state index in [1.807, 2.05) is 60.8 Å². The summed E-state index contributed by atoms with van der Waals surface area (Å²) in [5.41, 5.74) is 9.77. The highest BCUT2D eigenvalue weighted by atomic mass is 35.5. The third-order valence-electron chi connectivity index (χ3n) is 15.8. The highest BCUT2D eigenvalue weighted by Crippen LogP contribution is 2.65. The lowest BCUT2D eigenvalue weighted by Gasteiger charge is -2.35. The number of carbonyl (C=O) groups excluding carboxylic acids is 3. The number of aromatic nitrogens is 6. The number of rotatable bonds is 9. The van der Waals surface area contributed by atoms with Crippen LogP contribution in [0.3, 0.4) is 0 Å². The van der Waals surface area contributed by atoms with Crippen molar-refractivity contribution in [2.75, 3.05) is 31.1 Å². The molecule has 1 unspecified atom stereocenters. The number of hydrogen-bond donors (Lipinski definition) is 3. The molecule has 2 aromatic carbocycles. The molecule has 0 spiro atoms. The molecular weight excluding hydrogens is 1160 g/mol. The van der Waals surface area contributed by atoms with Crippen molar-refractivity contribution in [1.82, 2.24) is 45.5 Å². The van der Waals surface area contributed by atoms with Crippen molar-refractivity contribution in [3.63, 3.8) is 0 Å². The molecule has 5 aliphatic rings. The number of Topliss-reactive ketones (excluding diaryl/α,β-unsaturated/α-hetero) is 1. The Labute approximate surface area is 521 Å². The zero-order chi connectivity index (χ0) is 62.2. The van der Waals surface area contributed by atoms with Crippen molar-refractivity contribution < 1.29 is 14.4 Å². The number of ketones is 1. The molecule has 2 amide bonds. The summed E-state index contributed by atoms with van der Waals surface area (Å²) in [5, 5.41) is 20.9. The van der Waals surface area contributed by atoms with Crippen molar-refractivity contribution >= 4 is 86.8 Å². The van der Waals surface area contributed by atoms with Gasteiger partial charge in [0.25, 0.3) is 0 Å². The normalized spacial score (nSPS) is 19.7. The van der Waals surface area contributed by atoms with E-state index in [9.17, 15) is 14.4 Å². The number of nitrogens with zero attached hydrogens (tertiary/aromatic N) is 9. The molecule has 2 saturated carbocycles. The number of piperidine rings is 2. The number of hydrazone groups is 1. The number of halogens is 3. The molecule has 10 rings (SSSR count). The quantitative estimate of drug-likeness (QED) is 0.0550. The lowest BCUT2D eigenvalue weighted by molar-refractivity contribution is -0.138. The summed E-state index contributed by atoms with van der Waals surface area (Å²) < 4.78 is 0. The fourth-order valence-corrected chi connectivity index (χ4v) is 11.7. The Morgan fingerprint density at radius 3 is 1.86 bits per heavy atom. The summed E-state index contributed by atoms with van der Waals surface area (Å²) in [6.45, 7) is 23.1. The molecule has 3 aromatic heterocycles. The van der Waals surface area contributed by atoms with Gasteiger partial charge in [-0.3, -0.25) is 14.4 Å². The van der Waals surface area contributed by atoms with Gasteiger partial charge < -0.3 is 20.9 Å². The summed E-state index contributed by atoms with van der Waals surface area (Å²) in [4.78, 5) is 62.6. The topological polar surface area (TPSA) is 195 Å². The lowest BCUT2D eigenvalue weighted by atomic mass is 9.67. The van der Waals surface area contributed by atoms with Gasteiger partial charge in [-0.15, -0.1) is 23.9 Å². The van der Waals surface area contributed by atoms with E-state index in [1.165, 1.54) is 37.7 Å². The van der Waals surface area contributed by atoms with Crippen LogP contribution in [0, 0.1) is 69.8 Å². The van der Waals surface area contributed by atoms with Crippen molar-refractivity contribution in [3.05, 3.63) is 136 Å². The molecule has 2 saturated heterocycles. The van der Waals surface area contributed by atoms with Crippen molar-refractivity contribution in [1.29, 1.82) is 5.41 Å². The predicted octanol–water partition coefficient (Wildman–Crippen LogP) is 12.9. The highest BCUT2D eigenvalue weighted by Gasteiger charge is 2.62. The first-order valence-corrected chi connectivity index (χ1v) is 37.2. The molecule has 0 radical (unpaired) electrons. The highest BCUT2D eigenvalue weighted by molar-refractivity contribution is 6.84. The van der Waals surface area contributed by atoms with Gasteiger partial charge in [0.15, 0.2) is 0 Å². The van der Waals surface area contributed by atoms with E-state index in [2.05, 4.69) is 146 Å². The third-order valence-corrected chi connectivity index (χ3v) is 18.1. The number of carbonyl (C=O) groups is 3. The summed E-state index contributed by atoms with van der Waals surface area (Å²) in [7, 11) is -2.43. The molecule has 20 heteroatoms. The van der Waals surface area contributed by atoms with Gasteiger partial charge in [-0.1, -0.05) is 167 Å². The number of anilines is 1. The first-order chi connectivity index (χ1) is 40.4. The van der Waals surface area contributed by atoms with Gasteiger partial charge in [0, 0.05) is 74.0 Å². The Morgan fingerprint density at radius 1 is 0.788 bits per heavy atom. The van der Waals surface area contributed by atoms with Crippen LogP contribution >= 0.6 is 34.8 Å². The van der Waals surface area contributed by atoms with Crippen LogP contribution in [-0.2, 0) is 14.4 Å². The maximum Gasteiger partial charge on any atom is 0.246 e. The lowest BCUT2D eigenvalue weighted by Crippen LogP contribution is -2.41. The zero-order valence-corrected chi connectivity index (χ0v) is 55.0. The van der Waals surface area contributed by atoms with Gasteiger partial charge in [0.05, 0.1) is 12.1 Å². The van der Waals surface area contributed by atoms with Gasteiger partial charge >= 0.3 is 0 Å². The third kappa shape index (κ3) is 21.4. The summed E-state index contributed by atoms with van der Waals surface area (Å²) in [5.74, 6) is 7.92. The predicted molar refractivity (Wildman–Crippen MR) is 351 cm³/mol. The molecule has 6 heterocycles. The SMILES string of the molecule is C#C[Si](C)(C)C.C#Cc1cc(N2CCC(C(=O)N3N=CC[C@H]3c3ccccc3)CC2)ncn1.CC[C@]12CCC(CC1=O)C2(C)C.C[Si](C)(C)C#Cc1cc(Cl)ncn1.Clc1cc(Cl)ncn1.N=CC[C@H](NC(=O)C1CCNCC1)c1ccccc1. The van der Waals surface area contributed by atoms with E-state index >= 15 is 0 Å². The smallest absolute Gasteiger partial charge is 0.246 e. The average Bonchev–Trinajstić information content (AvgIpc) is 1.62. The molecule has 85 heavy (non-hydrogen) atoms. The van der Waals surface area contributed by atoms with Crippen LogP contribution in [0.2, 0.25) is 54.7 Å². The minimum Gasteiger partial charge on any atom is -0.356 e. The largest absolute Gasteiger partial charge is 0.356 e. The maximum atomic E-state index is 13.1. The second-order valence-corrected chi connectivity index (χ2v) is 34.8. The summed E-state index contributed by atoms with van der Waals surface area (Å²) in [6.07, 6.45) is 27.0. The van der Waals surface area contributed by atoms with E-state index in [4.69, 9.17) is 53.1 Å². The van der Waals surface area contributed by atoms with Gasteiger partial charge in [-0.25, -0.2) is 34.9 Å². The molecule has 4 atom stereocenters. The zero-order valence-electron chi connectivity index (χ0n) is 50.7. The van der Waals surface area contributed by atoms with Gasteiger partial charge in [-0.05, 0) is 86.7 Å². The first-order valence-electron chi connectivity index (χ1n) is 29.1. The Morgan fingerprint density at radius 2 is 1.36 bits per heavy atom. The number of hydrogen-bond acceptors (Lipinski definition) is 13. The Bertz CT molecular complexity index is 3140. The Hall–Kier alpha value is -6.63. The van der Waals surface area contributed by atoms with E-state index in [0.29, 0.717) is 50.4 Å². The number of nitrogens with one attached hydrogen (secondary N) is 3. The van der Waals surface area contributed by atoms with Gasteiger partial charge in [0.2, 0.25) is 11.8 Å². The minimum absolute atomic E-state index is 0.0109.